The Kier molecular flexibility index (Phi) is 3.43. The van der Waals surface area contributed by atoms with Gasteiger partial charge in [0.1, 0.15) is 0 Å². The largest absolute Gasteiger partial charge is 0.394 e. The van der Waals surface area contributed by atoms with Gasteiger partial charge in [-0.2, -0.15) is 0 Å². The van der Waals surface area contributed by atoms with E-state index >= 15 is 0 Å². The minimum Gasteiger partial charge on any atom is -0.394 e. The first kappa shape index (κ1) is 14.7. The van der Waals surface area contributed by atoms with Gasteiger partial charge in [0.05, 0.1) is 12.7 Å². The van der Waals surface area contributed by atoms with Crippen LogP contribution in [0.1, 0.15) is 47.4 Å². The predicted octanol–water partition coefficient (Wildman–Crippen LogP) is 3.00. The SMILES string of the molecule is CNc1cccc2c1C1(CC(O)CO)CCC2c2ccccc21. The van der Waals surface area contributed by atoms with Crippen molar-refractivity contribution in [2.45, 2.75) is 36.7 Å². The van der Waals surface area contributed by atoms with E-state index in [4.69, 9.17) is 0 Å². The third-order valence-electron chi connectivity index (χ3n) is 5.73. The van der Waals surface area contributed by atoms with Gasteiger partial charge in [-0.05, 0) is 47.6 Å². The molecule has 0 radical (unpaired) electrons. The highest BCUT2D eigenvalue weighted by molar-refractivity contribution is 5.68. The fraction of sp³-hybridized carbons (Fsp3) is 0.400. The van der Waals surface area contributed by atoms with Crippen molar-refractivity contribution in [3.8, 4) is 0 Å². The van der Waals surface area contributed by atoms with Gasteiger partial charge in [0.25, 0.3) is 0 Å². The number of hydrogen-bond acceptors (Lipinski definition) is 3. The molecule has 0 saturated carbocycles. The summed E-state index contributed by atoms with van der Waals surface area (Å²) >= 11 is 0. The van der Waals surface area contributed by atoms with Gasteiger partial charge in [-0.3, -0.25) is 0 Å². The normalized spacial score (nSPS) is 25.6. The summed E-state index contributed by atoms with van der Waals surface area (Å²) in [4.78, 5) is 0. The maximum atomic E-state index is 10.3. The second kappa shape index (κ2) is 5.36. The molecular formula is C20H23NO2. The molecule has 23 heavy (non-hydrogen) atoms. The second-order valence-corrected chi connectivity index (χ2v) is 6.82. The van der Waals surface area contributed by atoms with E-state index in [1.165, 1.54) is 22.3 Å². The number of fused-ring (bicyclic) bond motifs is 1. The zero-order valence-corrected chi connectivity index (χ0v) is 13.4. The first-order chi connectivity index (χ1) is 11.2. The highest BCUT2D eigenvalue weighted by atomic mass is 16.3. The van der Waals surface area contributed by atoms with Crippen LogP contribution in [0.4, 0.5) is 5.69 Å². The molecule has 0 aliphatic heterocycles. The number of hydrogen-bond donors (Lipinski definition) is 3. The molecule has 3 heteroatoms. The van der Waals surface area contributed by atoms with E-state index < -0.39 is 6.10 Å². The van der Waals surface area contributed by atoms with Gasteiger partial charge in [-0.15, -0.1) is 0 Å². The second-order valence-electron chi connectivity index (χ2n) is 6.82. The lowest BCUT2D eigenvalue weighted by Gasteiger charge is -2.51. The van der Waals surface area contributed by atoms with Crippen molar-refractivity contribution < 1.29 is 10.2 Å². The molecule has 120 valence electrons. The number of rotatable bonds is 4. The van der Waals surface area contributed by atoms with Crippen molar-refractivity contribution in [3.05, 3.63) is 64.7 Å². The van der Waals surface area contributed by atoms with Crippen molar-refractivity contribution in [2.24, 2.45) is 0 Å². The van der Waals surface area contributed by atoms with Crippen LogP contribution in [-0.2, 0) is 5.41 Å². The van der Waals surface area contributed by atoms with Crippen molar-refractivity contribution in [3.63, 3.8) is 0 Å². The average molecular weight is 309 g/mol. The monoisotopic (exact) mass is 309 g/mol. The lowest BCUT2D eigenvalue weighted by atomic mass is 9.53. The standard InChI is InChI=1S/C20H23NO2/c1-21-18-8-4-6-16-14-9-10-20(19(16)18,11-13(23)12-22)17-7-3-2-5-15(14)17/h2-8,13-14,21-23H,9-12H2,1H3. The molecule has 2 aromatic carbocycles. The Morgan fingerprint density at radius 2 is 1.96 bits per heavy atom. The van der Waals surface area contributed by atoms with Gasteiger partial charge in [-0.1, -0.05) is 36.4 Å². The molecule has 0 aromatic heterocycles. The fourth-order valence-corrected chi connectivity index (χ4v) is 4.88. The molecule has 0 heterocycles. The van der Waals surface area contributed by atoms with Crippen molar-refractivity contribution in [2.75, 3.05) is 19.0 Å². The quantitative estimate of drug-likeness (QED) is 0.814. The number of aliphatic hydroxyl groups is 2. The minimum atomic E-state index is -0.699. The number of nitrogens with one attached hydrogen (secondary N) is 1. The van der Waals surface area contributed by atoms with Gasteiger partial charge in [0.2, 0.25) is 0 Å². The van der Waals surface area contributed by atoms with E-state index in [0.29, 0.717) is 12.3 Å². The average Bonchev–Trinajstić information content (AvgIpc) is 2.61. The van der Waals surface area contributed by atoms with E-state index in [-0.39, 0.29) is 12.0 Å². The third-order valence-corrected chi connectivity index (χ3v) is 5.73. The number of aliphatic hydroxyl groups excluding tert-OH is 2. The molecule has 2 aromatic rings. The zero-order valence-electron chi connectivity index (χ0n) is 13.4. The number of anilines is 1. The van der Waals surface area contributed by atoms with Crippen LogP contribution in [0.3, 0.4) is 0 Å². The lowest BCUT2D eigenvalue weighted by molar-refractivity contribution is 0.0676. The maximum Gasteiger partial charge on any atom is 0.0782 e. The zero-order chi connectivity index (χ0) is 16.0. The lowest BCUT2D eigenvalue weighted by Crippen LogP contribution is -2.43. The molecule has 3 atom stereocenters. The topological polar surface area (TPSA) is 52.5 Å². The molecule has 0 saturated heterocycles. The van der Waals surface area contributed by atoms with Gasteiger partial charge in [0.15, 0.2) is 0 Å². The summed E-state index contributed by atoms with van der Waals surface area (Å²) in [5.41, 5.74) is 6.37. The van der Waals surface area contributed by atoms with Gasteiger partial charge >= 0.3 is 0 Å². The van der Waals surface area contributed by atoms with E-state index in [2.05, 4.69) is 47.8 Å². The number of benzene rings is 2. The Morgan fingerprint density at radius 3 is 2.74 bits per heavy atom. The van der Waals surface area contributed by atoms with Crippen molar-refractivity contribution in [1.82, 2.24) is 0 Å². The summed E-state index contributed by atoms with van der Waals surface area (Å²) in [6, 6.07) is 15.1. The predicted molar refractivity (Wildman–Crippen MR) is 92.0 cm³/mol. The van der Waals surface area contributed by atoms with Crippen molar-refractivity contribution >= 4 is 5.69 Å². The summed E-state index contributed by atoms with van der Waals surface area (Å²) < 4.78 is 0. The molecule has 0 spiro atoms. The minimum absolute atomic E-state index is 0.190. The summed E-state index contributed by atoms with van der Waals surface area (Å²) in [5, 5.41) is 23.1. The third kappa shape index (κ3) is 1.97. The molecule has 5 rings (SSSR count). The van der Waals surface area contributed by atoms with Crippen LogP contribution in [0.15, 0.2) is 42.5 Å². The highest BCUT2D eigenvalue weighted by Crippen LogP contribution is 2.59. The molecule has 3 nitrogen and oxygen atoms in total. The highest BCUT2D eigenvalue weighted by Gasteiger charge is 2.49. The Morgan fingerprint density at radius 1 is 1.17 bits per heavy atom. The maximum absolute atomic E-state index is 10.3. The van der Waals surface area contributed by atoms with Crippen LogP contribution >= 0.6 is 0 Å². The smallest absolute Gasteiger partial charge is 0.0782 e. The van der Waals surface area contributed by atoms with Crippen molar-refractivity contribution in [1.29, 1.82) is 0 Å². The first-order valence-corrected chi connectivity index (χ1v) is 8.40. The molecular weight excluding hydrogens is 286 g/mol. The Bertz CT molecular complexity index is 742. The van der Waals surface area contributed by atoms with Gasteiger partial charge < -0.3 is 15.5 Å². The molecule has 0 amide bonds. The molecule has 2 bridgehead atoms. The Balaban J connectivity index is 2.00. The van der Waals surface area contributed by atoms with E-state index in [1.807, 2.05) is 7.05 Å². The van der Waals surface area contributed by atoms with Gasteiger partial charge in [0, 0.05) is 24.1 Å². The van der Waals surface area contributed by atoms with Crippen LogP contribution in [-0.4, -0.2) is 30.0 Å². The molecule has 3 aliphatic rings. The summed E-state index contributed by atoms with van der Waals surface area (Å²) in [7, 11) is 1.96. The van der Waals surface area contributed by atoms with E-state index in [0.717, 1.165) is 18.5 Å². The van der Waals surface area contributed by atoms with Crippen LogP contribution in [0.2, 0.25) is 0 Å². The van der Waals surface area contributed by atoms with Crippen LogP contribution in [0.25, 0.3) is 0 Å². The summed E-state index contributed by atoms with van der Waals surface area (Å²) in [5.74, 6) is 0.447. The van der Waals surface area contributed by atoms with E-state index in [1.54, 1.807) is 0 Å². The van der Waals surface area contributed by atoms with Crippen LogP contribution < -0.4 is 5.32 Å². The molecule has 3 N–H and O–H groups in total. The summed E-state index contributed by atoms with van der Waals surface area (Å²) in [6.07, 6.45) is 2.00. The first-order valence-electron chi connectivity index (χ1n) is 8.40. The van der Waals surface area contributed by atoms with Crippen LogP contribution in [0.5, 0.6) is 0 Å². The summed E-state index contributed by atoms with van der Waals surface area (Å²) in [6.45, 7) is -0.190. The van der Waals surface area contributed by atoms with E-state index in [9.17, 15) is 10.2 Å². The Hall–Kier alpha value is -1.84. The molecule has 0 fully saturated rings. The van der Waals surface area contributed by atoms with Gasteiger partial charge in [-0.25, -0.2) is 0 Å². The van der Waals surface area contributed by atoms with Crippen LogP contribution in [0, 0.1) is 0 Å². The Labute approximate surface area is 137 Å². The fourth-order valence-electron chi connectivity index (χ4n) is 4.88. The molecule has 3 unspecified atom stereocenters. The molecule has 3 aliphatic carbocycles.